The van der Waals surface area contributed by atoms with Crippen molar-refractivity contribution in [3.8, 4) is 12.0 Å². The third kappa shape index (κ3) is 3.83. The quantitative estimate of drug-likeness (QED) is 0.779. The maximum atomic E-state index is 5.82. The number of hydrogen-bond acceptors (Lipinski definition) is 7. The predicted molar refractivity (Wildman–Crippen MR) is 66.3 cm³/mol. The molecule has 1 unspecified atom stereocenters. The zero-order valence-electron chi connectivity index (χ0n) is 10.5. The van der Waals surface area contributed by atoms with Crippen LogP contribution in [0.2, 0.25) is 5.28 Å². The van der Waals surface area contributed by atoms with E-state index in [1.807, 2.05) is 13.8 Å². The van der Waals surface area contributed by atoms with Gasteiger partial charge in [-0.05, 0) is 25.4 Å². The highest BCUT2D eigenvalue weighted by Gasteiger charge is 2.11. The standard InChI is InChI=1S/C10H13ClN6O2/c1-3-18-4-7(2)19-10-15-8(11)14-9(16-10)17-6-12-5-13-17/h5-7H,3-4H2,1-2H3. The second-order valence-electron chi connectivity index (χ2n) is 3.62. The summed E-state index contributed by atoms with van der Waals surface area (Å²) in [6, 6.07) is 0.123. The molecular weight excluding hydrogens is 272 g/mol. The van der Waals surface area contributed by atoms with E-state index in [2.05, 4.69) is 25.0 Å². The Bertz CT molecular complexity index is 521. The van der Waals surface area contributed by atoms with Gasteiger partial charge in [0.15, 0.2) is 0 Å². The summed E-state index contributed by atoms with van der Waals surface area (Å²) in [5.41, 5.74) is 0. The van der Waals surface area contributed by atoms with Gasteiger partial charge in [0.25, 0.3) is 5.95 Å². The first-order chi connectivity index (χ1) is 9.19. The van der Waals surface area contributed by atoms with Crippen LogP contribution in [0.5, 0.6) is 6.01 Å². The lowest BCUT2D eigenvalue weighted by Gasteiger charge is -2.13. The van der Waals surface area contributed by atoms with Crippen LogP contribution in [-0.2, 0) is 4.74 Å². The van der Waals surface area contributed by atoms with Crippen LogP contribution in [0.1, 0.15) is 13.8 Å². The zero-order valence-corrected chi connectivity index (χ0v) is 11.3. The van der Waals surface area contributed by atoms with Crippen LogP contribution in [-0.4, -0.2) is 49.0 Å². The fraction of sp³-hybridized carbons (Fsp3) is 0.500. The lowest BCUT2D eigenvalue weighted by molar-refractivity contribution is 0.0605. The Morgan fingerprint density at radius 3 is 2.89 bits per heavy atom. The Morgan fingerprint density at radius 2 is 2.21 bits per heavy atom. The molecule has 102 valence electrons. The molecule has 8 nitrogen and oxygen atoms in total. The Labute approximate surface area is 114 Å². The van der Waals surface area contributed by atoms with E-state index >= 15 is 0 Å². The largest absolute Gasteiger partial charge is 0.458 e. The molecule has 0 aliphatic carbocycles. The Morgan fingerprint density at radius 1 is 1.37 bits per heavy atom. The number of aromatic nitrogens is 6. The van der Waals surface area contributed by atoms with Crippen molar-refractivity contribution in [2.45, 2.75) is 20.0 Å². The first kappa shape index (κ1) is 13.6. The molecule has 0 saturated heterocycles. The van der Waals surface area contributed by atoms with Crippen molar-refractivity contribution in [1.82, 2.24) is 29.7 Å². The Kier molecular flexibility index (Phi) is 4.58. The van der Waals surface area contributed by atoms with Gasteiger partial charge in [0.1, 0.15) is 18.8 Å². The number of rotatable bonds is 6. The Hall–Kier alpha value is -1.80. The van der Waals surface area contributed by atoms with Gasteiger partial charge in [-0.2, -0.15) is 24.7 Å². The van der Waals surface area contributed by atoms with Crippen LogP contribution >= 0.6 is 11.6 Å². The van der Waals surface area contributed by atoms with E-state index in [0.717, 1.165) is 0 Å². The van der Waals surface area contributed by atoms with Crippen molar-refractivity contribution < 1.29 is 9.47 Å². The van der Waals surface area contributed by atoms with Crippen molar-refractivity contribution in [1.29, 1.82) is 0 Å². The summed E-state index contributed by atoms with van der Waals surface area (Å²) in [6.45, 7) is 4.83. The van der Waals surface area contributed by atoms with Crippen LogP contribution in [0.15, 0.2) is 12.7 Å². The SMILES string of the molecule is CCOCC(C)Oc1nc(Cl)nc(-n2cncn2)n1. The van der Waals surface area contributed by atoms with Crippen LogP contribution in [0.25, 0.3) is 5.95 Å². The summed E-state index contributed by atoms with van der Waals surface area (Å²) in [5.74, 6) is 0.246. The minimum atomic E-state index is -0.193. The van der Waals surface area contributed by atoms with E-state index < -0.39 is 0 Å². The maximum Gasteiger partial charge on any atom is 0.322 e. The minimum Gasteiger partial charge on any atom is -0.458 e. The number of nitrogens with zero attached hydrogens (tertiary/aromatic N) is 6. The van der Waals surface area contributed by atoms with E-state index in [1.165, 1.54) is 17.3 Å². The molecule has 0 amide bonds. The summed E-state index contributed by atoms with van der Waals surface area (Å²) in [5, 5.41) is 3.94. The Balaban J connectivity index is 2.13. The van der Waals surface area contributed by atoms with E-state index in [0.29, 0.717) is 13.2 Å². The molecule has 0 radical (unpaired) electrons. The van der Waals surface area contributed by atoms with Gasteiger partial charge >= 0.3 is 6.01 Å². The molecule has 0 spiro atoms. The second kappa shape index (κ2) is 6.39. The van der Waals surface area contributed by atoms with Crippen molar-refractivity contribution in [3.63, 3.8) is 0 Å². The highest BCUT2D eigenvalue weighted by molar-refractivity contribution is 6.28. The fourth-order valence-electron chi connectivity index (χ4n) is 1.29. The van der Waals surface area contributed by atoms with E-state index in [-0.39, 0.29) is 23.3 Å². The topological polar surface area (TPSA) is 87.8 Å². The third-order valence-corrected chi connectivity index (χ3v) is 2.23. The second-order valence-corrected chi connectivity index (χ2v) is 3.95. The van der Waals surface area contributed by atoms with Crippen LogP contribution in [0, 0.1) is 0 Å². The molecule has 19 heavy (non-hydrogen) atoms. The lowest BCUT2D eigenvalue weighted by atomic mass is 10.4. The maximum absolute atomic E-state index is 5.82. The van der Waals surface area contributed by atoms with Crippen molar-refractivity contribution in [2.75, 3.05) is 13.2 Å². The highest BCUT2D eigenvalue weighted by Crippen LogP contribution is 2.11. The first-order valence-electron chi connectivity index (χ1n) is 5.70. The summed E-state index contributed by atoms with van der Waals surface area (Å²) >= 11 is 5.82. The zero-order chi connectivity index (χ0) is 13.7. The average molecular weight is 285 g/mol. The summed E-state index contributed by atoms with van der Waals surface area (Å²) in [7, 11) is 0. The molecule has 0 saturated carbocycles. The van der Waals surface area contributed by atoms with E-state index in [4.69, 9.17) is 21.1 Å². The van der Waals surface area contributed by atoms with Crippen molar-refractivity contribution in [2.24, 2.45) is 0 Å². The van der Waals surface area contributed by atoms with Gasteiger partial charge in [-0.3, -0.25) is 0 Å². The molecule has 1 atom stereocenters. The van der Waals surface area contributed by atoms with Gasteiger partial charge in [-0.25, -0.2) is 4.98 Å². The average Bonchev–Trinajstić information content (AvgIpc) is 2.89. The first-order valence-corrected chi connectivity index (χ1v) is 6.07. The molecule has 2 heterocycles. The van der Waals surface area contributed by atoms with Crippen molar-refractivity contribution in [3.05, 3.63) is 17.9 Å². The summed E-state index contributed by atoms with van der Waals surface area (Å²) in [6.07, 6.45) is 2.64. The molecule has 0 aliphatic heterocycles. The molecule has 0 aromatic carbocycles. The third-order valence-electron chi connectivity index (χ3n) is 2.06. The summed E-state index contributed by atoms with van der Waals surface area (Å²) < 4.78 is 12.1. The summed E-state index contributed by atoms with van der Waals surface area (Å²) in [4.78, 5) is 15.7. The van der Waals surface area contributed by atoms with Crippen LogP contribution in [0.4, 0.5) is 0 Å². The van der Waals surface area contributed by atoms with Gasteiger partial charge < -0.3 is 9.47 Å². The molecule has 0 N–H and O–H groups in total. The molecule has 0 aliphatic rings. The smallest absolute Gasteiger partial charge is 0.322 e. The molecule has 0 fully saturated rings. The van der Waals surface area contributed by atoms with Gasteiger partial charge in [-0.15, -0.1) is 0 Å². The molecule has 2 rings (SSSR count). The molecule has 2 aromatic rings. The number of hydrogen-bond donors (Lipinski definition) is 0. The fourth-order valence-corrected chi connectivity index (χ4v) is 1.43. The van der Waals surface area contributed by atoms with Gasteiger partial charge in [-0.1, -0.05) is 0 Å². The molecular formula is C10H13ClN6O2. The van der Waals surface area contributed by atoms with Gasteiger partial charge in [0.05, 0.1) is 6.61 Å². The lowest BCUT2D eigenvalue weighted by Crippen LogP contribution is -2.21. The van der Waals surface area contributed by atoms with Gasteiger partial charge in [0.2, 0.25) is 5.28 Å². The van der Waals surface area contributed by atoms with Crippen molar-refractivity contribution >= 4 is 11.6 Å². The molecule has 0 bridgehead atoms. The van der Waals surface area contributed by atoms with Gasteiger partial charge in [0, 0.05) is 6.61 Å². The number of halogens is 1. The normalized spacial score (nSPS) is 12.4. The molecule has 9 heteroatoms. The minimum absolute atomic E-state index is 0.0270. The van der Waals surface area contributed by atoms with Crippen LogP contribution < -0.4 is 4.74 Å². The monoisotopic (exact) mass is 284 g/mol. The van der Waals surface area contributed by atoms with E-state index in [9.17, 15) is 0 Å². The predicted octanol–water partition coefficient (Wildman–Crippen LogP) is 0.909. The molecule has 2 aromatic heterocycles. The van der Waals surface area contributed by atoms with E-state index in [1.54, 1.807) is 0 Å². The highest BCUT2D eigenvalue weighted by atomic mass is 35.5. The number of ether oxygens (including phenoxy) is 2. The van der Waals surface area contributed by atoms with Crippen LogP contribution in [0.3, 0.4) is 0 Å².